The highest BCUT2D eigenvalue weighted by atomic mass is 32.2. The van der Waals surface area contributed by atoms with Crippen molar-refractivity contribution in [2.24, 2.45) is 0 Å². The molecule has 2 aromatic heterocycles. The number of rotatable bonds is 7. The molecule has 0 spiro atoms. The highest BCUT2D eigenvalue weighted by molar-refractivity contribution is 7.99. The second-order valence-corrected chi connectivity index (χ2v) is 6.85. The fraction of sp³-hybridized carbons (Fsp3) is 0.667. The lowest BCUT2D eigenvalue weighted by atomic mass is 10.1. The topological polar surface area (TPSA) is 126 Å². The van der Waals surface area contributed by atoms with Gasteiger partial charge in [0.1, 0.15) is 18.3 Å². The van der Waals surface area contributed by atoms with Crippen LogP contribution in [0.2, 0.25) is 0 Å². The van der Waals surface area contributed by atoms with Crippen LogP contribution in [-0.4, -0.2) is 72.1 Å². The molecule has 0 bridgehead atoms. The molecule has 10 heteroatoms. The van der Waals surface area contributed by atoms with Crippen molar-refractivity contribution in [2.45, 2.75) is 50.0 Å². The summed E-state index contributed by atoms with van der Waals surface area (Å²) in [5.74, 6) is 1.51. The predicted octanol–water partition coefficient (Wildman–Crippen LogP) is 0.372. The molecule has 0 aromatic carbocycles. The fourth-order valence-electron chi connectivity index (χ4n) is 2.74. The molecule has 25 heavy (non-hydrogen) atoms. The van der Waals surface area contributed by atoms with Gasteiger partial charge in [-0.15, -0.1) is 0 Å². The molecule has 4 atom stereocenters. The van der Waals surface area contributed by atoms with Gasteiger partial charge in [0.15, 0.2) is 28.4 Å². The molecule has 1 aliphatic rings. The highest BCUT2D eigenvalue weighted by Crippen LogP contribution is 2.33. The van der Waals surface area contributed by atoms with Gasteiger partial charge in [-0.05, 0) is 13.3 Å². The van der Waals surface area contributed by atoms with Gasteiger partial charge in [-0.3, -0.25) is 4.57 Å². The van der Waals surface area contributed by atoms with Crippen molar-refractivity contribution in [1.82, 2.24) is 19.5 Å². The van der Waals surface area contributed by atoms with Crippen LogP contribution in [0.25, 0.3) is 11.2 Å². The number of anilines is 1. The van der Waals surface area contributed by atoms with Gasteiger partial charge in [-0.2, -0.15) is 0 Å². The SMILES string of the molecule is CCCSc1nc(NCC)c2ncn([C@@H]3O[C@H](CO)C(O)C3O)c2n1. The van der Waals surface area contributed by atoms with Crippen LogP contribution >= 0.6 is 11.8 Å². The third-order valence-electron chi connectivity index (χ3n) is 3.97. The van der Waals surface area contributed by atoms with Crippen LogP contribution in [0, 0.1) is 0 Å². The maximum atomic E-state index is 10.3. The first-order chi connectivity index (χ1) is 12.1. The highest BCUT2D eigenvalue weighted by Gasteiger charge is 2.44. The van der Waals surface area contributed by atoms with E-state index in [2.05, 4.69) is 27.2 Å². The van der Waals surface area contributed by atoms with Crippen molar-refractivity contribution in [3.8, 4) is 0 Å². The van der Waals surface area contributed by atoms with E-state index in [4.69, 9.17) is 4.74 Å². The van der Waals surface area contributed by atoms with E-state index < -0.39 is 24.5 Å². The molecule has 0 amide bonds. The number of nitrogens with zero attached hydrogens (tertiary/aromatic N) is 4. The quantitative estimate of drug-likeness (QED) is 0.404. The van der Waals surface area contributed by atoms with Crippen molar-refractivity contribution in [1.29, 1.82) is 0 Å². The molecule has 3 rings (SSSR count). The summed E-state index contributed by atoms with van der Waals surface area (Å²) in [5, 5.41) is 33.3. The first-order valence-corrected chi connectivity index (χ1v) is 9.32. The zero-order valence-electron chi connectivity index (χ0n) is 14.2. The van der Waals surface area contributed by atoms with Gasteiger partial charge in [0.2, 0.25) is 0 Å². The number of nitrogens with one attached hydrogen (secondary N) is 1. The molecule has 3 heterocycles. The molecule has 138 valence electrons. The van der Waals surface area contributed by atoms with Gasteiger partial charge in [-0.25, -0.2) is 15.0 Å². The summed E-state index contributed by atoms with van der Waals surface area (Å²) in [5.41, 5.74) is 1.08. The van der Waals surface area contributed by atoms with Crippen LogP contribution in [0.3, 0.4) is 0 Å². The Kier molecular flexibility index (Phi) is 5.74. The monoisotopic (exact) mass is 369 g/mol. The number of imidazole rings is 1. The standard InChI is InChI=1S/C15H23N5O4S/c1-3-5-25-15-18-12(16-4-2)9-13(19-15)20(7-17-9)14-11(23)10(22)8(6-21)24-14/h7-8,10-11,14,21-23H,3-6H2,1-2H3,(H,16,18,19)/t8-,10?,11?,14-/m1/s1. The molecule has 1 saturated heterocycles. The van der Waals surface area contributed by atoms with Gasteiger partial charge in [0.05, 0.1) is 12.9 Å². The predicted molar refractivity (Wildman–Crippen MR) is 93.5 cm³/mol. The number of fused-ring (bicyclic) bond motifs is 1. The molecule has 2 aromatic rings. The second kappa shape index (κ2) is 7.83. The molecule has 0 radical (unpaired) electrons. The van der Waals surface area contributed by atoms with Gasteiger partial charge in [0, 0.05) is 12.3 Å². The number of ether oxygens (including phenoxy) is 1. The maximum Gasteiger partial charge on any atom is 0.191 e. The Bertz CT molecular complexity index is 727. The van der Waals surface area contributed by atoms with Crippen molar-refractivity contribution in [3.05, 3.63) is 6.33 Å². The Balaban J connectivity index is 2.02. The zero-order valence-corrected chi connectivity index (χ0v) is 15.0. The fourth-order valence-corrected chi connectivity index (χ4v) is 3.43. The minimum atomic E-state index is -1.18. The molecule has 1 aliphatic heterocycles. The zero-order chi connectivity index (χ0) is 18.0. The normalized spacial score (nSPS) is 26.4. The van der Waals surface area contributed by atoms with Crippen LogP contribution in [0.15, 0.2) is 11.5 Å². The van der Waals surface area contributed by atoms with Crippen LogP contribution in [0.5, 0.6) is 0 Å². The Morgan fingerprint density at radius 2 is 2.08 bits per heavy atom. The largest absolute Gasteiger partial charge is 0.394 e. The van der Waals surface area contributed by atoms with Crippen LogP contribution in [-0.2, 0) is 4.74 Å². The number of hydrogen-bond acceptors (Lipinski definition) is 9. The van der Waals surface area contributed by atoms with Crippen molar-refractivity contribution in [3.63, 3.8) is 0 Å². The first kappa shape index (κ1) is 18.3. The summed E-state index contributed by atoms with van der Waals surface area (Å²) >= 11 is 1.54. The Labute approximate surface area is 149 Å². The molecule has 4 N–H and O–H groups in total. The van der Waals surface area contributed by atoms with Crippen molar-refractivity contribution in [2.75, 3.05) is 24.2 Å². The van der Waals surface area contributed by atoms with Crippen LogP contribution in [0.1, 0.15) is 26.5 Å². The molecular formula is C15H23N5O4S. The molecular weight excluding hydrogens is 346 g/mol. The molecule has 1 fully saturated rings. The van der Waals surface area contributed by atoms with Gasteiger partial charge < -0.3 is 25.4 Å². The number of aromatic nitrogens is 4. The van der Waals surface area contributed by atoms with E-state index in [0.29, 0.717) is 28.7 Å². The van der Waals surface area contributed by atoms with Gasteiger partial charge >= 0.3 is 0 Å². The molecule has 0 saturated carbocycles. The van der Waals surface area contributed by atoms with E-state index in [9.17, 15) is 15.3 Å². The maximum absolute atomic E-state index is 10.3. The van der Waals surface area contributed by atoms with E-state index in [1.807, 2.05) is 6.92 Å². The molecule has 2 unspecified atom stereocenters. The third kappa shape index (κ3) is 3.44. The average molecular weight is 369 g/mol. The summed E-state index contributed by atoms with van der Waals surface area (Å²) < 4.78 is 7.17. The van der Waals surface area contributed by atoms with Crippen LogP contribution < -0.4 is 5.32 Å². The average Bonchev–Trinajstić information content (AvgIpc) is 3.15. The van der Waals surface area contributed by atoms with E-state index in [-0.39, 0.29) is 6.61 Å². The second-order valence-electron chi connectivity index (χ2n) is 5.79. The molecule has 9 nitrogen and oxygen atoms in total. The molecule has 0 aliphatic carbocycles. The van der Waals surface area contributed by atoms with E-state index in [1.165, 1.54) is 6.33 Å². The summed E-state index contributed by atoms with van der Waals surface area (Å²) in [6.45, 7) is 4.36. The van der Waals surface area contributed by atoms with Crippen molar-refractivity contribution < 1.29 is 20.1 Å². The Hall–Kier alpha value is -1.46. The number of aliphatic hydroxyl groups excluding tert-OH is 3. The van der Waals surface area contributed by atoms with Gasteiger partial charge in [0.25, 0.3) is 0 Å². The summed E-state index contributed by atoms with van der Waals surface area (Å²) in [6, 6.07) is 0. The Morgan fingerprint density at radius 1 is 1.28 bits per heavy atom. The van der Waals surface area contributed by atoms with E-state index in [1.54, 1.807) is 16.3 Å². The lowest BCUT2D eigenvalue weighted by Gasteiger charge is -2.17. The Morgan fingerprint density at radius 3 is 2.72 bits per heavy atom. The summed E-state index contributed by atoms with van der Waals surface area (Å²) in [6.07, 6.45) is -1.56. The van der Waals surface area contributed by atoms with E-state index >= 15 is 0 Å². The van der Waals surface area contributed by atoms with E-state index in [0.717, 1.165) is 12.2 Å². The minimum Gasteiger partial charge on any atom is -0.394 e. The smallest absolute Gasteiger partial charge is 0.191 e. The number of aliphatic hydroxyl groups is 3. The van der Waals surface area contributed by atoms with Crippen LogP contribution in [0.4, 0.5) is 5.82 Å². The van der Waals surface area contributed by atoms with Crippen molar-refractivity contribution >= 4 is 28.7 Å². The number of thioether (sulfide) groups is 1. The first-order valence-electron chi connectivity index (χ1n) is 8.34. The number of hydrogen-bond donors (Lipinski definition) is 4. The third-order valence-corrected chi connectivity index (χ3v) is 5.02. The summed E-state index contributed by atoms with van der Waals surface area (Å²) in [4.78, 5) is 13.4. The lowest BCUT2D eigenvalue weighted by molar-refractivity contribution is -0.0511. The van der Waals surface area contributed by atoms with Gasteiger partial charge in [-0.1, -0.05) is 18.7 Å². The lowest BCUT2D eigenvalue weighted by Crippen LogP contribution is -2.33. The minimum absolute atomic E-state index is 0.378. The summed E-state index contributed by atoms with van der Waals surface area (Å²) in [7, 11) is 0.